The van der Waals surface area contributed by atoms with Crippen molar-refractivity contribution in [1.29, 1.82) is 0 Å². The van der Waals surface area contributed by atoms with E-state index in [9.17, 15) is 4.79 Å². The zero-order valence-corrected chi connectivity index (χ0v) is 12.6. The van der Waals surface area contributed by atoms with Crippen molar-refractivity contribution in [2.75, 3.05) is 10.6 Å². The van der Waals surface area contributed by atoms with Crippen molar-refractivity contribution in [2.24, 2.45) is 0 Å². The Morgan fingerprint density at radius 2 is 2.20 bits per heavy atom. The third-order valence-corrected chi connectivity index (χ3v) is 3.67. The van der Waals surface area contributed by atoms with Crippen molar-refractivity contribution >= 4 is 28.9 Å². The predicted octanol–water partition coefficient (Wildman–Crippen LogP) is 3.60. The molecular weight excluding hydrogens is 276 g/mol. The fraction of sp³-hybridized carbons (Fsp3) is 0.462. The van der Waals surface area contributed by atoms with Gasteiger partial charge in [-0.1, -0.05) is 19.0 Å². The molecule has 2 aromatic heterocycles. The van der Waals surface area contributed by atoms with Crippen LogP contribution in [-0.4, -0.2) is 16.2 Å². The summed E-state index contributed by atoms with van der Waals surface area (Å²) in [7, 11) is 0. The summed E-state index contributed by atoms with van der Waals surface area (Å²) in [5, 5.41) is 12.2. The highest BCUT2D eigenvalue weighted by atomic mass is 32.1. The molecule has 0 bridgehead atoms. The Kier molecular flexibility index (Phi) is 4.73. The average molecular weight is 294 g/mol. The zero-order valence-electron chi connectivity index (χ0n) is 11.8. The molecule has 0 aliphatic carbocycles. The Hall–Kier alpha value is -1.89. The summed E-state index contributed by atoms with van der Waals surface area (Å²) in [6.07, 6.45) is 2.67. The molecule has 0 radical (unpaired) electrons. The van der Waals surface area contributed by atoms with Gasteiger partial charge in [0.1, 0.15) is 17.2 Å². The Bertz CT molecular complexity index is 591. The van der Waals surface area contributed by atoms with Gasteiger partial charge in [-0.15, -0.1) is 11.3 Å². The number of thiazole rings is 1. The quantitative estimate of drug-likeness (QED) is 0.883. The monoisotopic (exact) mass is 294 g/mol. The molecule has 0 spiro atoms. The highest BCUT2D eigenvalue weighted by Gasteiger charge is 2.14. The van der Waals surface area contributed by atoms with Crippen LogP contribution in [0.15, 0.2) is 9.90 Å². The molecule has 2 N–H and O–H groups in total. The van der Waals surface area contributed by atoms with Crippen LogP contribution in [0.25, 0.3) is 0 Å². The van der Waals surface area contributed by atoms with Crippen molar-refractivity contribution in [2.45, 2.75) is 40.0 Å². The second-order valence-corrected chi connectivity index (χ2v) is 5.31. The average Bonchev–Trinajstić information content (AvgIpc) is 2.98. The number of hydrogen-bond acceptors (Lipinski definition) is 5. The van der Waals surface area contributed by atoms with Gasteiger partial charge in [-0.05, 0) is 26.2 Å². The number of amides is 2. The molecule has 0 saturated carbocycles. The van der Waals surface area contributed by atoms with Crippen LogP contribution in [-0.2, 0) is 12.8 Å². The molecule has 2 amide bonds. The molecule has 2 aromatic rings. The lowest BCUT2D eigenvalue weighted by molar-refractivity contribution is 0.262. The molecule has 0 fully saturated rings. The van der Waals surface area contributed by atoms with Crippen LogP contribution in [0.3, 0.4) is 0 Å². The third-order valence-electron chi connectivity index (χ3n) is 2.76. The molecular formula is C13H18N4O2S. The van der Waals surface area contributed by atoms with E-state index in [0.717, 1.165) is 23.5 Å². The summed E-state index contributed by atoms with van der Waals surface area (Å²) in [5.74, 6) is 1.17. The number of aryl methyl sites for hydroxylation is 3. The van der Waals surface area contributed by atoms with Crippen molar-refractivity contribution in [3.05, 3.63) is 21.8 Å². The first-order valence-electron chi connectivity index (χ1n) is 6.61. The number of carbonyl (C=O) groups is 1. The van der Waals surface area contributed by atoms with Gasteiger partial charge in [0.25, 0.3) is 0 Å². The Morgan fingerprint density at radius 3 is 2.90 bits per heavy atom. The molecule has 0 saturated heterocycles. The van der Waals surface area contributed by atoms with Crippen LogP contribution >= 0.6 is 11.3 Å². The van der Waals surface area contributed by atoms with Gasteiger partial charge in [-0.25, -0.2) is 9.78 Å². The minimum atomic E-state index is -0.334. The third kappa shape index (κ3) is 3.36. The SMILES string of the molecule is CCCc1nc(NC(=O)Nc2c(CC)noc2C)cs1. The molecule has 0 aliphatic heterocycles. The number of hydrogen-bond donors (Lipinski definition) is 2. The Balaban J connectivity index is 1.99. The molecule has 0 aromatic carbocycles. The van der Waals surface area contributed by atoms with Crippen LogP contribution < -0.4 is 10.6 Å². The largest absolute Gasteiger partial charge is 0.359 e. The molecule has 7 heteroatoms. The predicted molar refractivity (Wildman–Crippen MR) is 79.4 cm³/mol. The van der Waals surface area contributed by atoms with Gasteiger partial charge < -0.3 is 9.84 Å². The molecule has 2 rings (SSSR count). The molecule has 108 valence electrons. The number of rotatable bonds is 5. The smallest absolute Gasteiger partial charge is 0.325 e. The topological polar surface area (TPSA) is 80.0 Å². The van der Waals surface area contributed by atoms with Crippen molar-refractivity contribution in [3.63, 3.8) is 0 Å². The second kappa shape index (κ2) is 6.51. The maximum atomic E-state index is 11.9. The fourth-order valence-corrected chi connectivity index (χ4v) is 2.61. The van der Waals surface area contributed by atoms with E-state index in [0.29, 0.717) is 23.7 Å². The summed E-state index contributed by atoms with van der Waals surface area (Å²) in [5.41, 5.74) is 1.37. The van der Waals surface area contributed by atoms with E-state index in [1.165, 1.54) is 0 Å². The normalized spacial score (nSPS) is 10.6. The van der Waals surface area contributed by atoms with Gasteiger partial charge in [0.15, 0.2) is 5.76 Å². The second-order valence-electron chi connectivity index (χ2n) is 4.37. The highest BCUT2D eigenvalue weighted by molar-refractivity contribution is 7.10. The minimum absolute atomic E-state index is 0.334. The van der Waals surface area contributed by atoms with Gasteiger partial charge in [-0.2, -0.15) is 0 Å². The summed E-state index contributed by atoms with van der Waals surface area (Å²) < 4.78 is 5.07. The number of nitrogens with one attached hydrogen (secondary N) is 2. The summed E-state index contributed by atoms with van der Waals surface area (Å²) >= 11 is 1.55. The van der Waals surface area contributed by atoms with E-state index in [4.69, 9.17) is 4.52 Å². The Morgan fingerprint density at radius 1 is 1.40 bits per heavy atom. The van der Waals surface area contributed by atoms with Gasteiger partial charge >= 0.3 is 6.03 Å². The molecule has 0 unspecified atom stereocenters. The van der Waals surface area contributed by atoms with Crippen molar-refractivity contribution in [3.8, 4) is 0 Å². The van der Waals surface area contributed by atoms with Gasteiger partial charge in [0.2, 0.25) is 0 Å². The molecule has 6 nitrogen and oxygen atoms in total. The summed E-state index contributed by atoms with van der Waals surface area (Å²) in [4.78, 5) is 16.3. The fourth-order valence-electron chi connectivity index (χ4n) is 1.78. The van der Waals surface area contributed by atoms with Crippen LogP contribution in [0.1, 0.15) is 36.7 Å². The van der Waals surface area contributed by atoms with E-state index < -0.39 is 0 Å². The lowest BCUT2D eigenvalue weighted by atomic mass is 10.2. The van der Waals surface area contributed by atoms with Crippen LogP contribution in [0.4, 0.5) is 16.3 Å². The lowest BCUT2D eigenvalue weighted by Crippen LogP contribution is -2.20. The first-order chi connectivity index (χ1) is 9.63. The molecule has 20 heavy (non-hydrogen) atoms. The van der Waals surface area contributed by atoms with Gasteiger partial charge in [-0.3, -0.25) is 5.32 Å². The maximum absolute atomic E-state index is 11.9. The first-order valence-corrected chi connectivity index (χ1v) is 7.49. The van der Waals surface area contributed by atoms with E-state index in [1.807, 2.05) is 12.3 Å². The number of urea groups is 1. The minimum Gasteiger partial charge on any atom is -0.359 e. The Labute approximate surface area is 121 Å². The number of aromatic nitrogens is 2. The van der Waals surface area contributed by atoms with E-state index in [1.54, 1.807) is 18.3 Å². The van der Waals surface area contributed by atoms with Gasteiger partial charge in [0.05, 0.1) is 5.01 Å². The van der Waals surface area contributed by atoms with Crippen LogP contribution in [0.2, 0.25) is 0 Å². The van der Waals surface area contributed by atoms with Crippen LogP contribution in [0, 0.1) is 6.92 Å². The number of carbonyl (C=O) groups excluding carboxylic acids is 1. The van der Waals surface area contributed by atoms with Gasteiger partial charge in [0, 0.05) is 5.38 Å². The standard InChI is InChI=1S/C13H18N4O2S/c1-4-6-11-14-10(7-20-11)15-13(18)16-12-8(3)19-17-9(12)5-2/h7H,4-6H2,1-3H3,(H2,15,16,18). The van der Waals surface area contributed by atoms with E-state index in [-0.39, 0.29) is 6.03 Å². The maximum Gasteiger partial charge on any atom is 0.325 e. The van der Waals surface area contributed by atoms with E-state index >= 15 is 0 Å². The zero-order chi connectivity index (χ0) is 14.5. The van der Waals surface area contributed by atoms with E-state index in [2.05, 4.69) is 27.7 Å². The summed E-state index contributed by atoms with van der Waals surface area (Å²) in [6.45, 7) is 5.82. The number of nitrogens with zero attached hydrogens (tertiary/aromatic N) is 2. The highest BCUT2D eigenvalue weighted by Crippen LogP contribution is 2.21. The number of anilines is 2. The molecule has 2 heterocycles. The summed E-state index contributed by atoms with van der Waals surface area (Å²) in [6, 6.07) is -0.334. The van der Waals surface area contributed by atoms with Crippen molar-refractivity contribution in [1.82, 2.24) is 10.1 Å². The first kappa shape index (κ1) is 14.5. The van der Waals surface area contributed by atoms with Crippen molar-refractivity contribution < 1.29 is 9.32 Å². The molecule has 0 atom stereocenters. The van der Waals surface area contributed by atoms with Crippen LogP contribution in [0.5, 0.6) is 0 Å². The molecule has 0 aliphatic rings. The lowest BCUT2D eigenvalue weighted by Gasteiger charge is -2.05.